The van der Waals surface area contributed by atoms with Gasteiger partial charge in [0.1, 0.15) is 11.5 Å². The fraction of sp³-hybridized carbons (Fsp3) is 0.269. The highest BCUT2D eigenvalue weighted by atomic mass is 32.2. The van der Waals surface area contributed by atoms with Gasteiger partial charge in [0.25, 0.3) is 0 Å². The highest BCUT2D eigenvalue weighted by Crippen LogP contribution is 2.28. The smallest absolute Gasteiger partial charge is 0.234 e. The zero-order valence-corrected chi connectivity index (χ0v) is 20.6. The van der Waals surface area contributed by atoms with E-state index in [1.165, 1.54) is 17.3 Å². The molecule has 2 aromatic carbocycles. The van der Waals surface area contributed by atoms with Crippen molar-refractivity contribution in [1.82, 2.24) is 14.8 Å². The molecule has 176 valence electrons. The van der Waals surface area contributed by atoms with E-state index in [0.717, 1.165) is 22.9 Å². The van der Waals surface area contributed by atoms with Gasteiger partial charge in [0.2, 0.25) is 5.91 Å². The molecule has 0 aliphatic heterocycles. The van der Waals surface area contributed by atoms with Gasteiger partial charge in [-0.25, -0.2) is 0 Å². The number of hydrogen-bond acceptors (Lipinski definition) is 6. The molecule has 0 aliphatic rings. The number of anilines is 1. The van der Waals surface area contributed by atoms with Gasteiger partial charge in [-0.15, -0.1) is 10.2 Å². The number of ether oxygens (including phenoxy) is 1. The van der Waals surface area contributed by atoms with Crippen LogP contribution in [-0.2, 0) is 16.8 Å². The lowest BCUT2D eigenvalue weighted by molar-refractivity contribution is -0.113. The van der Waals surface area contributed by atoms with Gasteiger partial charge in [-0.2, -0.15) is 0 Å². The number of thioether (sulfide) groups is 1. The van der Waals surface area contributed by atoms with Gasteiger partial charge in [-0.1, -0.05) is 56.8 Å². The summed E-state index contributed by atoms with van der Waals surface area (Å²) in [5.74, 6) is 2.33. The molecule has 0 atom stereocenters. The van der Waals surface area contributed by atoms with Gasteiger partial charge in [0.15, 0.2) is 11.0 Å². The number of nitrogens with one attached hydrogen (secondary N) is 1. The van der Waals surface area contributed by atoms with Gasteiger partial charge < -0.3 is 14.5 Å². The van der Waals surface area contributed by atoms with Crippen molar-refractivity contribution in [2.24, 2.45) is 0 Å². The van der Waals surface area contributed by atoms with Crippen molar-refractivity contribution in [3.8, 4) is 17.1 Å². The molecule has 0 unspecified atom stereocenters. The minimum Gasteiger partial charge on any atom is -0.497 e. The van der Waals surface area contributed by atoms with Crippen LogP contribution >= 0.6 is 11.8 Å². The molecule has 0 fully saturated rings. The highest BCUT2D eigenvalue weighted by molar-refractivity contribution is 7.99. The Morgan fingerprint density at radius 3 is 2.41 bits per heavy atom. The monoisotopic (exact) mass is 476 g/mol. The Morgan fingerprint density at radius 1 is 1.06 bits per heavy atom. The molecule has 7 nitrogen and oxygen atoms in total. The molecule has 0 spiro atoms. The Balaban J connectivity index is 1.52. The standard InChI is InChI=1S/C26H28N4O3S/c1-26(2,3)19-9-7-18(8-10-19)24-28-29-25(30(24)16-22-6-5-15-33-22)34-17-23(31)27-20-11-13-21(32-4)14-12-20/h5-15H,16-17H2,1-4H3,(H,27,31). The van der Waals surface area contributed by atoms with E-state index in [2.05, 4.69) is 60.6 Å². The quantitative estimate of drug-likeness (QED) is 0.332. The van der Waals surface area contributed by atoms with Crippen LogP contribution in [0.15, 0.2) is 76.5 Å². The predicted molar refractivity (Wildman–Crippen MR) is 134 cm³/mol. The second-order valence-electron chi connectivity index (χ2n) is 8.86. The molecule has 2 aromatic heterocycles. The predicted octanol–water partition coefficient (Wildman–Crippen LogP) is 5.62. The number of nitrogens with zero attached hydrogens (tertiary/aromatic N) is 3. The number of rotatable bonds is 8. The summed E-state index contributed by atoms with van der Waals surface area (Å²) in [6.45, 7) is 7.03. The van der Waals surface area contributed by atoms with Crippen molar-refractivity contribution in [1.29, 1.82) is 0 Å². The maximum absolute atomic E-state index is 12.5. The molecule has 1 N–H and O–H groups in total. The molecule has 0 aliphatic carbocycles. The summed E-state index contributed by atoms with van der Waals surface area (Å²) >= 11 is 1.34. The van der Waals surface area contributed by atoms with Crippen molar-refractivity contribution in [3.63, 3.8) is 0 Å². The van der Waals surface area contributed by atoms with Crippen molar-refractivity contribution in [2.45, 2.75) is 37.9 Å². The van der Waals surface area contributed by atoms with Crippen LogP contribution in [0.2, 0.25) is 0 Å². The first-order valence-electron chi connectivity index (χ1n) is 11.0. The first-order valence-corrected chi connectivity index (χ1v) is 12.0. The van der Waals surface area contributed by atoms with E-state index >= 15 is 0 Å². The number of amides is 1. The minimum atomic E-state index is -0.126. The molecule has 34 heavy (non-hydrogen) atoms. The molecular weight excluding hydrogens is 448 g/mol. The molecule has 0 radical (unpaired) electrons. The van der Waals surface area contributed by atoms with Gasteiger partial charge in [0.05, 0.1) is 25.7 Å². The average molecular weight is 477 g/mol. The van der Waals surface area contributed by atoms with Gasteiger partial charge >= 0.3 is 0 Å². The van der Waals surface area contributed by atoms with Crippen LogP contribution in [0.1, 0.15) is 32.1 Å². The van der Waals surface area contributed by atoms with E-state index in [-0.39, 0.29) is 17.1 Å². The summed E-state index contributed by atoms with van der Waals surface area (Å²) in [6, 6.07) is 19.4. The molecule has 0 saturated carbocycles. The van der Waals surface area contributed by atoms with Crippen molar-refractivity contribution >= 4 is 23.4 Å². The van der Waals surface area contributed by atoms with Crippen LogP contribution in [0.5, 0.6) is 5.75 Å². The van der Waals surface area contributed by atoms with Gasteiger partial charge in [0, 0.05) is 11.3 Å². The lowest BCUT2D eigenvalue weighted by Crippen LogP contribution is -2.14. The second-order valence-corrected chi connectivity index (χ2v) is 9.81. The normalized spacial score (nSPS) is 11.4. The maximum atomic E-state index is 12.5. The number of hydrogen-bond donors (Lipinski definition) is 1. The lowest BCUT2D eigenvalue weighted by Gasteiger charge is -2.19. The molecule has 8 heteroatoms. The summed E-state index contributed by atoms with van der Waals surface area (Å²) in [7, 11) is 1.61. The maximum Gasteiger partial charge on any atom is 0.234 e. The zero-order valence-electron chi connectivity index (χ0n) is 19.7. The van der Waals surface area contributed by atoms with E-state index in [1.54, 1.807) is 37.6 Å². The molecule has 0 saturated heterocycles. The Morgan fingerprint density at radius 2 is 1.79 bits per heavy atom. The number of aromatic nitrogens is 3. The molecule has 4 aromatic rings. The van der Waals surface area contributed by atoms with Crippen LogP contribution in [0.4, 0.5) is 5.69 Å². The van der Waals surface area contributed by atoms with E-state index in [9.17, 15) is 4.79 Å². The van der Waals surface area contributed by atoms with E-state index in [4.69, 9.17) is 9.15 Å². The number of furan rings is 1. The number of carbonyl (C=O) groups excluding carboxylic acids is 1. The first kappa shape index (κ1) is 23.6. The Kier molecular flexibility index (Phi) is 7.07. The topological polar surface area (TPSA) is 82.2 Å². The third-order valence-corrected chi connectivity index (χ3v) is 6.29. The third kappa shape index (κ3) is 5.69. The summed E-state index contributed by atoms with van der Waals surface area (Å²) < 4.78 is 12.7. The fourth-order valence-corrected chi connectivity index (χ4v) is 4.17. The largest absolute Gasteiger partial charge is 0.497 e. The summed E-state index contributed by atoms with van der Waals surface area (Å²) in [6.07, 6.45) is 1.65. The van der Waals surface area contributed by atoms with Crippen molar-refractivity contribution < 1.29 is 13.9 Å². The zero-order chi connectivity index (χ0) is 24.1. The number of benzene rings is 2. The molecule has 4 rings (SSSR count). The van der Waals surface area contributed by atoms with Crippen LogP contribution < -0.4 is 10.1 Å². The summed E-state index contributed by atoms with van der Waals surface area (Å²) in [4.78, 5) is 12.5. The molecule has 1 amide bonds. The van der Waals surface area contributed by atoms with Crippen molar-refractivity contribution in [2.75, 3.05) is 18.2 Å². The van der Waals surface area contributed by atoms with Crippen molar-refractivity contribution in [3.05, 3.63) is 78.3 Å². The highest BCUT2D eigenvalue weighted by Gasteiger charge is 2.19. The Hall–Kier alpha value is -3.52. The Bertz CT molecular complexity index is 1220. The van der Waals surface area contributed by atoms with Crippen LogP contribution in [-0.4, -0.2) is 33.5 Å². The SMILES string of the molecule is COc1ccc(NC(=O)CSc2nnc(-c3ccc(C(C)(C)C)cc3)n2Cc2ccco2)cc1. The number of methoxy groups -OCH3 is 1. The van der Waals surface area contributed by atoms with E-state index < -0.39 is 0 Å². The summed E-state index contributed by atoms with van der Waals surface area (Å²) in [5, 5.41) is 12.4. The van der Waals surface area contributed by atoms with Gasteiger partial charge in [-0.3, -0.25) is 9.36 Å². The van der Waals surface area contributed by atoms with E-state index in [0.29, 0.717) is 17.4 Å². The van der Waals surface area contributed by atoms with Crippen LogP contribution in [0, 0.1) is 0 Å². The first-order chi connectivity index (χ1) is 16.3. The molecular formula is C26H28N4O3S. The van der Waals surface area contributed by atoms with E-state index in [1.807, 2.05) is 16.7 Å². The summed E-state index contributed by atoms with van der Waals surface area (Å²) in [5.41, 5.74) is 2.99. The lowest BCUT2D eigenvalue weighted by atomic mass is 9.87. The van der Waals surface area contributed by atoms with Crippen LogP contribution in [0.25, 0.3) is 11.4 Å². The Labute approximate surface area is 203 Å². The fourth-order valence-electron chi connectivity index (χ4n) is 3.43. The minimum absolute atomic E-state index is 0.0681. The second kappa shape index (κ2) is 10.2. The third-order valence-electron chi connectivity index (χ3n) is 5.33. The molecule has 2 heterocycles. The van der Waals surface area contributed by atoms with Crippen LogP contribution in [0.3, 0.4) is 0 Å². The van der Waals surface area contributed by atoms with Gasteiger partial charge in [-0.05, 0) is 47.4 Å². The number of carbonyl (C=O) groups is 1. The average Bonchev–Trinajstić information content (AvgIpc) is 3.48. The molecule has 0 bridgehead atoms.